The van der Waals surface area contributed by atoms with Gasteiger partial charge in [0.25, 0.3) is 0 Å². The molecule has 1 saturated carbocycles. The predicted molar refractivity (Wildman–Crippen MR) is 84.7 cm³/mol. The fraction of sp³-hybridized carbons (Fsp3) is 0.467. The molecule has 0 radical (unpaired) electrons. The molecule has 20 heavy (non-hydrogen) atoms. The lowest BCUT2D eigenvalue weighted by atomic mass is 10.2. The van der Waals surface area contributed by atoms with Gasteiger partial charge < -0.3 is 4.90 Å². The maximum absolute atomic E-state index is 6.27. The number of rotatable bonds is 5. The number of anilines is 1. The standard InChI is InChI=1S/C15H18ClN3S/c1-3-13-17-14(16)10(2)15(18-13)19(11-6-7-11)9-12-5-4-8-20-12/h4-5,8,11H,3,6-7,9H2,1-2H3. The summed E-state index contributed by atoms with van der Waals surface area (Å²) in [5.74, 6) is 1.84. The van der Waals surface area contributed by atoms with Crippen molar-refractivity contribution in [3.8, 4) is 0 Å². The number of nitrogens with zero attached hydrogens (tertiary/aromatic N) is 3. The van der Waals surface area contributed by atoms with Gasteiger partial charge in [-0.2, -0.15) is 0 Å². The second-order valence-electron chi connectivity index (χ2n) is 5.17. The third-order valence-electron chi connectivity index (χ3n) is 3.59. The van der Waals surface area contributed by atoms with Crippen LogP contribution in [0.15, 0.2) is 17.5 Å². The first-order valence-corrected chi connectivity index (χ1v) is 8.26. The van der Waals surface area contributed by atoms with Gasteiger partial charge in [-0.05, 0) is 31.2 Å². The van der Waals surface area contributed by atoms with Crippen molar-refractivity contribution >= 4 is 28.8 Å². The van der Waals surface area contributed by atoms with Crippen molar-refractivity contribution in [2.45, 2.75) is 45.7 Å². The van der Waals surface area contributed by atoms with Crippen LogP contribution in [0.2, 0.25) is 5.15 Å². The van der Waals surface area contributed by atoms with Crippen molar-refractivity contribution in [3.05, 3.63) is 38.9 Å². The van der Waals surface area contributed by atoms with Crippen molar-refractivity contribution < 1.29 is 0 Å². The lowest BCUT2D eigenvalue weighted by molar-refractivity contribution is 0.767. The number of halogens is 1. The summed E-state index contributed by atoms with van der Waals surface area (Å²) >= 11 is 8.07. The number of hydrogen-bond donors (Lipinski definition) is 0. The number of hydrogen-bond acceptors (Lipinski definition) is 4. The number of aromatic nitrogens is 2. The van der Waals surface area contributed by atoms with E-state index in [1.54, 1.807) is 11.3 Å². The molecule has 2 heterocycles. The van der Waals surface area contributed by atoms with Crippen LogP contribution in [-0.2, 0) is 13.0 Å². The molecular weight excluding hydrogens is 290 g/mol. The van der Waals surface area contributed by atoms with Gasteiger partial charge in [0.1, 0.15) is 16.8 Å². The largest absolute Gasteiger partial charge is 0.348 e. The highest BCUT2D eigenvalue weighted by Crippen LogP contribution is 2.35. The quantitative estimate of drug-likeness (QED) is 0.774. The van der Waals surface area contributed by atoms with E-state index in [-0.39, 0.29) is 0 Å². The minimum Gasteiger partial charge on any atom is -0.348 e. The minimum absolute atomic E-state index is 0.587. The van der Waals surface area contributed by atoms with Crippen molar-refractivity contribution in [2.24, 2.45) is 0 Å². The van der Waals surface area contributed by atoms with E-state index in [4.69, 9.17) is 16.6 Å². The Bertz CT molecular complexity index is 593. The van der Waals surface area contributed by atoms with Crippen LogP contribution >= 0.6 is 22.9 Å². The molecule has 3 nitrogen and oxygen atoms in total. The Morgan fingerprint density at radius 2 is 2.20 bits per heavy atom. The topological polar surface area (TPSA) is 29.0 Å². The van der Waals surface area contributed by atoms with Crippen LogP contribution in [0, 0.1) is 6.92 Å². The highest BCUT2D eigenvalue weighted by molar-refractivity contribution is 7.09. The van der Waals surface area contributed by atoms with E-state index in [1.165, 1.54) is 17.7 Å². The Balaban J connectivity index is 1.96. The molecular formula is C15H18ClN3S. The molecule has 3 rings (SSSR count). The van der Waals surface area contributed by atoms with Gasteiger partial charge in [-0.1, -0.05) is 24.6 Å². The third-order valence-corrected chi connectivity index (χ3v) is 4.82. The summed E-state index contributed by atoms with van der Waals surface area (Å²) in [5, 5.41) is 2.71. The zero-order chi connectivity index (χ0) is 14.1. The zero-order valence-corrected chi connectivity index (χ0v) is 13.3. The highest BCUT2D eigenvalue weighted by atomic mass is 35.5. The van der Waals surface area contributed by atoms with Crippen molar-refractivity contribution in [1.29, 1.82) is 0 Å². The van der Waals surface area contributed by atoms with Crippen molar-refractivity contribution in [3.63, 3.8) is 0 Å². The molecule has 106 valence electrons. The molecule has 0 N–H and O–H groups in total. The van der Waals surface area contributed by atoms with E-state index in [0.29, 0.717) is 11.2 Å². The third kappa shape index (κ3) is 2.81. The second-order valence-corrected chi connectivity index (χ2v) is 6.56. The first kappa shape index (κ1) is 13.8. The average molecular weight is 308 g/mol. The van der Waals surface area contributed by atoms with E-state index in [0.717, 1.165) is 30.2 Å². The maximum atomic E-state index is 6.27. The van der Waals surface area contributed by atoms with Gasteiger partial charge >= 0.3 is 0 Å². The van der Waals surface area contributed by atoms with E-state index >= 15 is 0 Å². The van der Waals surface area contributed by atoms with Crippen LogP contribution < -0.4 is 4.90 Å². The predicted octanol–water partition coefficient (Wildman–Crippen LogP) is 4.23. The Morgan fingerprint density at radius 1 is 1.40 bits per heavy atom. The SMILES string of the molecule is CCc1nc(Cl)c(C)c(N(Cc2cccs2)C2CC2)n1. The molecule has 2 aromatic rings. The summed E-state index contributed by atoms with van der Waals surface area (Å²) in [6.45, 7) is 4.99. The maximum Gasteiger partial charge on any atom is 0.137 e. The first-order chi connectivity index (χ1) is 9.69. The van der Waals surface area contributed by atoms with Gasteiger partial charge in [-0.15, -0.1) is 11.3 Å². The molecule has 0 bridgehead atoms. The molecule has 0 atom stereocenters. The summed E-state index contributed by atoms with van der Waals surface area (Å²) in [5.41, 5.74) is 0.993. The van der Waals surface area contributed by atoms with Gasteiger partial charge in [0.05, 0.1) is 6.54 Å². The van der Waals surface area contributed by atoms with E-state index < -0.39 is 0 Å². The Kier molecular flexibility index (Phi) is 3.94. The molecule has 2 aromatic heterocycles. The summed E-state index contributed by atoms with van der Waals surface area (Å²) < 4.78 is 0. The van der Waals surface area contributed by atoms with Crippen LogP contribution in [0.4, 0.5) is 5.82 Å². The molecule has 0 saturated heterocycles. The van der Waals surface area contributed by atoms with E-state index in [2.05, 4.69) is 34.3 Å². The van der Waals surface area contributed by atoms with Crippen LogP contribution in [-0.4, -0.2) is 16.0 Å². The molecule has 1 aliphatic rings. The molecule has 0 spiro atoms. The van der Waals surface area contributed by atoms with Crippen LogP contribution in [0.25, 0.3) is 0 Å². The molecule has 0 aliphatic heterocycles. The molecule has 5 heteroatoms. The summed E-state index contributed by atoms with van der Waals surface area (Å²) in [7, 11) is 0. The molecule has 1 fully saturated rings. The molecule has 0 unspecified atom stereocenters. The summed E-state index contributed by atoms with van der Waals surface area (Å²) in [4.78, 5) is 12.8. The first-order valence-electron chi connectivity index (χ1n) is 7.01. The van der Waals surface area contributed by atoms with Crippen LogP contribution in [0.1, 0.15) is 36.0 Å². The zero-order valence-electron chi connectivity index (χ0n) is 11.8. The Hall–Kier alpha value is -1.13. The van der Waals surface area contributed by atoms with Crippen molar-refractivity contribution in [2.75, 3.05) is 4.90 Å². The summed E-state index contributed by atoms with van der Waals surface area (Å²) in [6, 6.07) is 4.88. The smallest absolute Gasteiger partial charge is 0.137 e. The fourth-order valence-corrected chi connectivity index (χ4v) is 3.18. The van der Waals surface area contributed by atoms with E-state index in [1.807, 2.05) is 6.92 Å². The van der Waals surface area contributed by atoms with Crippen LogP contribution in [0.5, 0.6) is 0 Å². The lowest BCUT2D eigenvalue weighted by Gasteiger charge is -2.25. The van der Waals surface area contributed by atoms with Crippen LogP contribution in [0.3, 0.4) is 0 Å². The van der Waals surface area contributed by atoms with Gasteiger partial charge in [-0.3, -0.25) is 0 Å². The Morgan fingerprint density at radius 3 is 2.80 bits per heavy atom. The lowest BCUT2D eigenvalue weighted by Crippen LogP contribution is -2.27. The van der Waals surface area contributed by atoms with Gasteiger partial charge in [0.15, 0.2) is 0 Å². The van der Waals surface area contributed by atoms with Gasteiger partial charge in [-0.25, -0.2) is 9.97 Å². The monoisotopic (exact) mass is 307 g/mol. The van der Waals surface area contributed by atoms with Gasteiger partial charge in [0, 0.05) is 22.9 Å². The normalized spacial score (nSPS) is 14.6. The molecule has 0 aromatic carbocycles. The van der Waals surface area contributed by atoms with Crippen molar-refractivity contribution in [1.82, 2.24) is 9.97 Å². The fourth-order valence-electron chi connectivity index (χ4n) is 2.29. The number of thiophene rings is 1. The average Bonchev–Trinajstić information content (AvgIpc) is 3.16. The highest BCUT2D eigenvalue weighted by Gasteiger charge is 2.32. The molecule has 0 amide bonds. The molecule has 1 aliphatic carbocycles. The Labute approximate surface area is 128 Å². The second kappa shape index (κ2) is 5.70. The van der Waals surface area contributed by atoms with Gasteiger partial charge in [0.2, 0.25) is 0 Å². The minimum atomic E-state index is 0.587. The van der Waals surface area contributed by atoms with E-state index in [9.17, 15) is 0 Å². The summed E-state index contributed by atoms with van der Waals surface area (Å²) in [6.07, 6.45) is 3.30. The number of aryl methyl sites for hydroxylation is 1.